The number of carbonyl (C=O) groups excluding carboxylic acids is 1. The van der Waals surface area contributed by atoms with E-state index in [9.17, 15) is 9.59 Å². The zero-order valence-corrected chi connectivity index (χ0v) is 19.3. The van der Waals surface area contributed by atoms with Crippen LogP contribution in [-0.2, 0) is 11.3 Å². The van der Waals surface area contributed by atoms with Crippen molar-refractivity contribution in [3.63, 3.8) is 0 Å². The Labute approximate surface area is 197 Å². The predicted molar refractivity (Wildman–Crippen MR) is 133 cm³/mol. The molecule has 1 aliphatic rings. The third-order valence-electron chi connectivity index (χ3n) is 6.06. The largest absolute Gasteiger partial charge is 0.368 e. The summed E-state index contributed by atoms with van der Waals surface area (Å²) in [6, 6.07) is 16.1. The maximum atomic E-state index is 12.9. The van der Waals surface area contributed by atoms with Crippen LogP contribution in [0.4, 0.5) is 17.2 Å². The lowest BCUT2D eigenvalue weighted by Gasteiger charge is -2.36. The van der Waals surface area contributed by atoms with Crippen LogP contribution in [0.3, 0.4) is 0 Å². The molecule has 5 rings (SSSR count). The fourth-order valence-corrected chi connectivity index (χ4v) is 4.25. The number of piperazine rings is 1. The van der Waals surface area contributed by atoms with E-state index >= 15 is 0 Å². The van der Waals surface area contributed by atoms with Crippen LogP contribution in [0.1, 0.15) is 11.1 Å². The molecule has 1 N–H and O–H groups in total. The quantitative estimate of drug-likeness (QED) is 0.495. The number of hydrogen-bond donors (Lipinski definition) is 1. The third kappa shape index (κ3) is 4.36. The molecule has 2 aromatic carbocycles. The molecule has 0 radical (unpaired) electrons. The van der Waals surface area contributed by atoms with E-state index in [0.29, 0.717) is 17.2 Å². The summed E-state index contributed by atoms with van der Waals surface area (Å²) in [5.74, 6) is 0.346. The molecular weight excluding hydrogens is 430 g/mol. The maximum absolute atomic E-state index is 12.9. The maximum Gasteiger partial charge on any atom is 0.350 e. The molecule has 0 saturated carbocycles. The van der Waals surface area contributed by atoms with Crippen molar-refractivity contribution in [2.24, 2.45) is 0 Å². The lowest BCUT2D eigenvalue weighted by Crippen LogP contribution is -2.47. The van der Waals surface area contributed by atoms with Crippen LogP contribution in [-0.4, -0.2) is 51.3 Å². The van der Waals surface area contributed by atoms with Gasteiger partial charge < -0.3 is 15.1 Å². The lowest BCUT2D eigenvalue weighted by atomic mass is 10.2. The highest BCUT2D eigenvalue weighted by molar-refractivity contribution is 5.90. The second-order valence-electron chi connectivity index (χ2n) is 8.61. The Bertz CT molecular complexity index is 1380. The van der Waals surface area contributed by atoms with Gasteiger partial charge in [-0.25, -0.2) is 18.9 Å². The smallest absolute Gasteiger partial charge is 0.350 e. The zero-order chi connectivity index (χ0) is 23.7. The van der Waals surface area contributed by atoms with Gasteiger partial charge in [-0.05, 0) is 43.7 Å². The Balaban J connectivity index is 1.32. The highest BCUT2D eigenvalue weighted by atomic mass is 16.2. The molecule has 34 heavy (non-hydrogen) atoms. The van der Waals surface area contributed by atoms with Crippen molar-refractivity contribution in [3.05, 3.63) is 82.5 Å². The number of nitrogens with one attached hydrogen (secondary N) is 1. The van der Waals surface area contributed by atoms with Gasteiger partial charge in [0, 0.05) is 49.9 Å². The van der Waals surface area contributed by atoms with Gasteiger partial charge in [-0.1, -0.05) is 29.8 Å². The third-order valence-corrected chi connectivity index (χ3v) is 6.06. The van der Waals surface area contributed by atoms with Crippen LogP contribution < -0.4 is 20.8 Å². The van der Waals surface area contributed by atoms with Crippen LogP contribution in [0.25, 0.3) is 5.65 Å². The first-order valence-electron chi connectivity index (χ1n) is 11.4. The summed E-state index contributed by atoms with van der Waals surface area (Å²) in [5, 5.41) is 7.29. The number of benzene rings is 2. The van der Waals surface area contributed by atoms with Crippen molar-refractivity contribution in [3.8, 4) is 0 Å². The fraction of sp³-hybridized carbons (Fsp3) is 0.280. The Kier molecular flexibility index (Phi) is 5.75. The summed E-state index contributed by atoms with van der Waals surface area (Å²) in [7, 11) is 0. The number of aryl methyl sites for hydroxylation is 2. The Morgan fingerprint density at radius 1 is 0.971 bits per heavy atom. The van der Waals surface area contributed by atoms with Gasteiger partial charge in [0.2, 0.25) is 11.6 Å². The highest BCUT2D eigenvalue weighted by Crippen LogP contribution is 2.21. The minimum absolute atomic E-state index is 0.172. The van der Waals surface area contributed by atoms with Gasteiger partial charge in [-0.2, -0.15) is 0 Å². The molecule has 2 aromatic heterocycles. The summed E-state index contributed by atoms with van der Waals surface area (Å²) >= 11 is 0. The molecule has 1 aliphatic heterocycles. The van der Waals surface area contributed by atoms with Gasteiger partial charge in [0.15, 0.2) is 5.82 Å². The van der Waals surface area contributed by atoms with E-state index in [0.717, 1.165) is 31.7 Å². The number of nitrogens with zero attached hydrogens (tertiary/aromatic N) is 6. The molecule has 0 spiro atoms. The van der Waals surface area contributed by atoms with Crippen LogP contribution in [0.15, 0.2) is 65.7 Å². The number of anilines is 3. The molecule has 1 fully saturated rings. The van der Waals surface area contributed by atoms with E-state index < -0.39 is 0 Å². The van der Waals surface area contributed by atoms with Gasteiger partial charge in [0.25, 0.3) is 0 Å². The first-order chi connectivity index (χ1) is 16.5. The van der Waals surface area contributed by atoms with Gasteiger partial charge in [-0.3, -0.25) is 4.79 Å². The topological polar surface area (TPSA) is 87.8 Å². The van der Waals surface area contributed by atoms with E-state index in [2.05, 4.69) is 56.4 Å². The van der Waals surface area contributed by atoms with E-state index in [1.165, 1.54) is 20.3 Å². The van der Waals surface area contributed by atoms with Crippen LogP contribution >= 0.6 is 0 Å². The van der Waals surface area contributed by atoms with E-state index in [-0.39, 0.29) is 18.1 Å². The van der Waals surface area contributed by atoms with Crippen LogP contribution in [0.5, 0.6) is 0 Å². The summed E-state index contributed by atoms with van der Waals surface area (Å²) in [4.78, 5) is 34.5. The Hall–Kier alpha value is -4.14. The summed E-state index contributed by atoms with van der Waals surface area (Å²) < 4.78 is 2.64. The molecule has 0 atom stereocenters. The highest BCUT2D eigenvalue weighted by Gasteiger charge is 2.22. The number of rotatable bonds is 5. The minimum Gasteiger partial charge on any atom is -0.368 e. The molecule has 9 heteroatoms. The first-order valence-corrected chi connectivity index (χ1v) is 11.4. The standard InChI is InChI=1S/C25H27N7O2/c1-18-6-8-21(9-7-18)29-12-14-30(15-13-29)23-24-28-32(25(34)31(24)11-10-26-23)17-22(33)27-20-5-3-4-19(2)16-20/h3-11,16H,12-15,17H2,1-2H3,(H,27,33). The van der Waals surface area contributed by atoms with Crippen molar-refractivity contribution >= 4 is 28.7 Å². The predicted octanol–water partition coefficient (Wildman–Crippen LogP) is 2.47. The lowest BCUT2D eigenvalue weighted by molar-refractivity contribution is -0.117. The molecule has 3 heterocycles. The summed E-state index contributed by atoms with van der Waals surface area (Å²) in [5.41, 5.74) is 4.27. The molecule has 0 aliphatic carbocycles. The second-order valence-corrected chi connectivity index (χ2v) is 8.61. The molecule has 1 amide bonds. The average Bonchev–Trinajstić information content (AvgIpc) is 3.15. The minimum atomic E-state index is -0.365. The SMILES string of the molecule is Cc1ccc(N2CCN(c3nccn4c(=O)n(CC(=O)Nc5cccc(C)c5)nc34)CC2)cc1. The number of fused-ring (bicyclic) bond motifs is 1. The number of hydrogen-bond acceptors (Lipinski definition) is 6. The molecule has 0 bridgehead atoms. The molecule has 1 saturated heterocycles. The molecule has 4 aromatic rings. The van der Waals surface area contributed by atoms with Crippen molar-refractivity contribution in [2.75, 3.05) is 41.3 Å². The molecular formula is C25H27N7O2. The van der Waals surface area contributed by atoms with Gasteiger partial charge in [0.05, 0.1) is 0 Å². The molecule has 174 valence electrons. The van der Waals surface area contributed by atoms with Crippen molar-refractivity contribution in [2.45, 2.75) is 20.4 Å². The van der Waals surface area contributed by atoms with E-state index in [4.69, 9.17) is 0 Å². The Morgan fingerprint density at radius 2 is 1.71 bits per heavy atom. The van der Waals surface area contributed by atoms with Gasteiger partial charge >= 0.3 is 5.69 Å². The van der Waals surface area contributed by atoms with Crippen LogP contribution in [0, 0.1) is 13.8 Å². The second kappa shape index (κ2) is 9.01. The van der Waals surface area contributed by atoms with Gasteiger partial charge in [0.1, 0.15) is 6.54 Å². The monoisotopic (exact) mass is 457 g/mol. The van der Waals surface area contributed by atoms with Crippen LogP contribution in [0.2, 0.25) is 0 Å². The number of amides is 1. The summed E-state index contributed by atoms with van der Waals surface area (Å²) in [6.07, 6.45) is 3.20. The average molecular weight is 458 g/mol. The molecule has 0 unspecified atom stereocenters. The number of carbonyl (C=O) groups is 1. The van der Waals surface area contributed by atoms with E-state index in [1.807, 2.05) is 31.2 Å². The van der Waals surface area contributed by atoms with Crippen molar-refractivity contribution in [1.29, 1.82) is 0 Å². The molecule has 9 nitrogen and oxygen atoms in total. The van der Waals surface area contributed by atoms with E-state index in [1.54, 1.807) is 12.4 Å². The Morgan fingerprint density at radius 3 is 2.44 bits per heavy atom. The van der Waals surface area contributed by atoms with Crippen molar-refractivity contribution < 1.29 is 4.79 Å². The first kappa shape index (κ1) is 21.7. The van der Waals surface area contributed by atoms with Gasteiger partial charge in [-0.15, -0.1) is 5.10 Å². The summed E-state index contributed by atoms with van der Waals surface area (Å²) in [6.45, 7) is 7.07. The zero-order valence-electron chi connectivity index (χ0n) is 19.3. The number of aromatic nitrogens is 4. The fourth-order valence-electron chi connectivity index (χ4n) is 4.25. The van der Waals surface area contributed by atoms with Crippen molar-refractivity contribution in [1.82, 2.24) is 19.2 Å². The normalized spacial score (nSPS) is 13.9.